The van der Waals surface area contributed by atoms with Gasteiger partial charge in [0.25, 0.3) is 5.91 Å². The molecule has 3 heterocycles. The number of halogens is 1. The lowest BCUT2D eigenvalue weighted by atomic mass is 9.97. The van der Waals surface area contributed by atoms with Gasteiger partial charge in [0, 0.05) is 42.3 Å². The first-order valence-corrected chi connectivity index (χ1v) is 9.72. The SMILES string of the molecule is Cn1cc(C2(C)CN(c3ccc(C(=O)Nc4cccc(Cl)c4)cn3)CCO2)cn1. The Labute approximate surface area is 174 Å². The molecule has 29 heavy (non-hydrogen) atoms. The maximum absolute atomic E-state index is 12.5. The van der Waals surface area contributed by atoms with E-state index in [2.05, 4.69) is 27.2 Å². The minimum atomic E-state index is -0.461. The normalized spacial score (nSPS) is 19.2. The zero-order chi connectivity index (χ0) is 20.4. The maximum Gasteiger partial charge on any atom is 0.257 e. The molecule has 1 aromatic carbocycles. The van der Waals surface area contributed by atoms with Crippen molar-refractivity contribution in [3.63, 3.8) is 0 Å². The summed E-state index contributed by atoms with van der Waals surface area (Å²) in [6, 6.07) is 10.7. The van der Waals surface area contributed by atoms with Crippen LogP contribution < -0.4 is 10.2 Å². The van der Waals surface area contributed by atoms with E-state index in [1.165, 1.54) is 0 Å². The number of amides is 1. The van der Waals surface area contributed by atoms with Gasteiger partial charge in [0.15, 0.2) is 0 Å². The van der Waals surface area contributed by atoms with E-state index in [0.29, 0.717) is 29.4 Å². The number of benzene rings is 1. The highest BCUT2D eigenvalue weighted by molar-refractivity contribution is 6.30. The van der Waals surface area contributed by atoms with Crippen LogP contribution in [0.3, 0.4) is 0 Å². The molecule has 150 valence electrons. The monoisotopic (exact) mass is 411 g/mol. The van der Waals surface area contributed by atoms with Gasteiger partial charge in [0.05, 0.1) is 24.9 Å². The fourth-order valence-electron chi connectivity index (χ4n) is 3.41. The van der Waals surface area contributed by atoms with E-state index in [9.17, 15) is 4.79 Å². The van der Waals surface area contributed by atoms with Gasteiger partial charge in [0.1, 0.15) is 11.4 Å². The molecule has 3 aromatic rings. The number of carbonyl (C=O) groups is 1. The topological polar surface area (TPSA) is 72.3 Å². The summed E-state index contributed by atoms with van der Waals surface area (Å²) in [5.74, 6) is 0.580. The first-order valence-electron chi connectivity index (χ1n) is 9.34. The predicted molar refractivity (Wildman–Crippen MR) is 112 cm³/mol. The zero-order valence-corrected chi connectivity index (χ0v) is 17.1. The smallest absolute Gasteiger partial charge is 0.257 e. The summed E-state index contributed by atoms with van der Waals surface area (Å²) in [7, 11) is 1.89. The Morgan fingerprint density at radius 2 is 2.14 bits per heavy atom. The Hall–Kier alpha value is -2.90. The number of aromatic nitrogens is 3. The second-order valence-electron chi connectivity index (χ2n) is 7.27. The number of nitrogens with zero attached hydrogens (tertiary/aromatic N) is 4. The van der Waals surface area contributed by atoms with Crippen molar-refractivity contribution < 1.29 is 9.53 Å². The highest BCUT2D eigenvalue weighted by Gasteiger charge is 2.35. The van der Waals surface area contributed by atoms with Crippen molar-refractivity contribution in [2.24, 2.45) is 7.05 Å². The molecular formula is C21H22ClN5O2. The number of morpholine rings is 1. The van der Waals surface area contributed by atoms with E-state index in [1.807, 2.05) is 25.5 Å². The van der Waals surface area contributed by atoms with Crippen molar-refractivity contribution >= 4 is 29.0 Å². The number of hydrogen-bond acceptors (Lipinski definition) is 5. The molecule has 1 aliphatic heterocycles. The fraction of sp³-hybridized carbons (Fsp3) is 0.286. The number of nitrogens with one attached hydrogen (secondary N) is 1. The van der Waals surface area contributed by atoms with Gasteiger partial charge >= 0.3 is 0 Å². The van der Waals surface area contributed by atoms with Crippen LogP contribution in [-0.4, -0.2) is 40.4 Å². The molecule has 1 N–H and O–H groups in total. The molecule has 1 aliphatic rings. The van der Waals surface area contributed by atoms with Gasteiger partial charge in [-0.15, -0.1) is 0 Å². The van der Waals surface area contributed by atoms with E-state index in [-0.39, 0.29) is 5.91 Å². The predicted octanol–water partition coefficient (Wildman–Crippen LogP) is 3.47. The molecule has 0 aliphatic carbocycles. The number of hydrogen-bond donors (Lipinski definition) is 1. The third kappa shape index (κ3) is 4.26. The van der Waals surface area contributed by atoms with Gasteiger partial charge in [-0.2, -0.15) is 5.10 Å². The molecule has 1 fully saturated rings. The summed E-state index contributed by atoms with van der Waals surface area (Å²) in [5.41, 5.74) is 1.70. The van der Waals surface area contributed by atoms with E-state index < -0.39 is 5.60 Å². The second-order valence-corrected chi connectivity index (χ2v) is 7.71. The average molecular weight is 412 g/mol. The van der Waals surface area contributed by atoms with Gasteiger partial charge in [-0.25, -0.2) is 4.98 Å². The van der Waals surface area contributed by atoms with Crippen molar-refractivity contribution in [2.45, 2.75) is 12.5 Å². The Morgan fingerprint density at radius 3 is 2.83 bits per heavy atom. The number of rotatable bonds is 4. The molecule has 1 atom stereocenters. The summed E-state index contributed by atoms with van der Waals surface area (Å²) < 4.78 is 7.83. The molecule has 8 heteroatoms. The molecule has 0 bridgehead atoms. The van der Waals surface area contributed by atoms with Crippen molar-refractivity contribution in [3.8, 4) is 0 Å². The van der Waals surface area contributed by atoms with Crippen LogP contribution in [0.5, 0.6) is 0 Å². The summed E-state index contributed by atoms with van der Waals surface area (Å²) in [4.78, 5) is 19.1. The Bertz CT molecular complexity index is 1020. The van der Waals surface area contributed by atoms with Gasteiger partial charge in [-0.05, 0) is 37.3 Å². The minimum absolute atomic E-state index is 0.228. The van der Waals surface area contributed by atoms with E-state index in [1.54, 1.807) is 41.2 Å². The highest BCUT2D eigenvalue weighted by atomic mass is 35.5. The zero-order valence-electron chi connectivity index (χ0n) is 16.3. The summed E-state index contributed by atoms with van der Waals surface area (Å²) in [5, 5.41) is 7.65. The highest BCUT2D eigenvalue weighted by Crippen LogP contribution is 2.31. The summed E-state index contributed by atoms with van der Waals surface area (Å²) in [6.45, 7) is 4.03. The first-order chi connectivity index (χ1) is 13.9. The maximum atomic E-state index is 12.5. The molecule has 7 nitrogen and oxygen atoms in total. The molecule has 1 saturated heterocycles. The molecular weight excluding hydrogens is 390 g/mol. The summed E-state index contributed by atoms with van der Waals surface area (Å²) in [6.07, 6.45) is 5.40. The van der Waals surface area contributed by atoms with Crippen LogP contribution in [0.2, 0.25) is 5.02 Å². The van der Waals surface area contributed by atoms with Crippen LogP contribution >= 0.6 is 11.6 Å². The van der Waals surface area contributed by atoms with Crippen molar-refractivity contribution in [1.82, 2.24) is 14.8 Å². The Balaban J connectivity index is 1.46. The fourth-order valence-corrected chi connectivity index (χ4v) is 3.60. The van der Waals surface area contributed by atoms with Gasteiger partial charge in [-0.1, -0.05) is 17.7 Å². The minimum Gasteiger partial charge on any atom is -0.367 e. The quantitative estimate of drug-likeness (QED) is 0.711. The lowest BCUT2D eigenvalue weighted by molar-refractivity contribution is -0.0468. The number of pyridine rings is 1. The van der Waals surface area contributed by atoms with Crippen LogP contribution in [0.4, 0.5) is 11.5 Å². The van der Waals surface area contributed by atoms with Gasteiger partial charge in [-0.3, -0.25) is 9.48 Å². The van der Waals surface area contributed by atoms with Gasteiger partial charge < -0.3 is 15.0 Å². The van der Waals surface area contributed by atoms with E-state index in [4.69, 9.17) is 16.3 Å². The average Bonchev–Trinajstić information content (AvgIpc) is 3.15. The second kappa shape index (κ2) is 7.85. The van der Waals surface area contributed by atoms with Crippen LogP contribution in [0.25, 0.3) is 0 Å². The Kier molecular flexibility index (Phi) is 5.25. The molecule has 0 radical (unpaired) electrons. The van der Waals surface area contributed by atoms with E-state index >= 15 is 0 Å². The van der Waals surface area contributed by atoms with Gasteiger partial charge in [0.2, 0.25) is 0 Å². The third-order valence-electron chi connectivity index (χ3n) is 5.01. The molecule has 0 saturated carbocycles. The molecule has 1 amide bonds. The lowest BCUT2D eigenvalue weighted by Gasteiger charge is -2.40. The van der Waals surface area contributed by atoms with Crippen LogP contribution in [0, 0.1) is 0 Å². The Morgan fingerprint density at radius 1 is 1.28 bits per heavy atom. The number of aryl methyl sites for hydroxylation is 1. The van der Waals surface area contributed by atoms with Crippen LogP contribution in [0.1, 0.15) is 22.8 Å². The molecule has 1 unspecified atom stereocenters. The number of ether oxygens (including phenoxy) is 1. The first kappa shape index (κ1) is 19.4. The van der Waals surface area contributed by atoms with Crippen LogP contribution in [0.15, 0.2) is 55.0 Å². The lowest BCUT2D eigenvalue weighted by Crippen LogP contribution is -2.48. The van der Waals surface area contributed by atoms with Crippen molar-refractivity contribution in [3.05, 3.63) is 71.1 Å². The standard InChI is InChI=1S/C21H22ClN5O2/c1-21(16-12-24-26(2)13-16)14-27(8-9-29-21)19-7-6-15(11-23-19)20(28)25-18-5-3-4-17(22)10-18/h3-7,10-13H,8-9,14H2,1-2H3,(H,25,28). The number of carbonyl (C=O) groups excluding carboxylic acids is 1. The van der Waals surface area contributed by atoms with Crippen molar-refractivity contribution in [1.29, 1.82) is 0 Å². The van der Waals surface area contributed by atoms with Crippen molar-refractivity contribution in [2.75, 3.05) is 29.9 Å². The molecule has 0 spiro atoms. The largest absolute Gasteiger partial charge is 0.367 e. The third-order valence-corrected chi connectivity index (χ3v) is 5.24. The molecule has 4 rings (SSSR count). The van der Waals surface area contributed by atoms with E-state index in [0.717, 1.165) is 17.9 Å². The summed E-state index contributed by atoms with van der Waals surface area (Å²) >= 11 is 5.97. The molecule has 2 aromatic heterocycles. The number of anilines is 2. The van der Waals surface area contributed by atoms with Crippen LogP contribution in [-0.2, 0) is 17.4 Å².